The molecule has 1 aliphatic rings. The van der Waals surface area contributed by atoms with E-state index in [0.717, 1.165) is 12.1 Å². The number of carbonyl (C=O) groups is 1. The number of hydrogen-bond donors (Lipinski definition) is 2. The highest BCUT2D eigenvalue weighted by molar-refractivity contribution is 5.98. The van der Waals surface area contributed by atoms with Gasteiger partial charge in [0.05, 0.1) is 0 Å². The van der Waals surface area contributed by atoms with Crippen LogP contribution < -0.4 is 5.73 Å². The molecular weight excluding hydrogens is 304 g/mol. The molecule has 1 amide bonds. The van der Waals surface area contributed by atoms with E-state index in [1.54, 1.807) is 4.90 Å². The van der Waals surface area contributed by atoms with Crippen molar-refractivity contribution in [3.8, 4) is 0 Å². The van der Waals surface area contributed by atoms with E-state index in [9.17, 15) is 13.6 Å². The lowest BCUT2D eigenvalue weighted by atomic mass is 10.1. The first-order valence-electron chi connectivity index (χ1n) is 7.29. The number of amides is 1. The lowest BCUT2D eigenvalue weighted by molar-refractivity contribution is 0.0628. The third-order valence-electron chi connectivity index (χ3n) is 3.96. The molecule has 3 N–H and O–H groups in total. The van der Waals surface area contributed by atoms with Gasteiger partial charge in [-0.2, -0.15) is 5.10 Å². The molecule has 2 heterocycles. The molecule has 23 heavy (non-hydrogen) atoms. The maximum absolute atomic E-state index is 13.7. The minimum absolute atomic E-state index is 0.173. The molecule has 0 atom stereocenters. The smallest absolute Gasteiger partial charge is 0.259 e. The third kappa shape index (κ3) is 3.31. The Hall–Kier alpha value is -2.48. The van der Waals surface area contributed by atoms with E-state index in [-0.39, 0.29) is 11.7 Å². The molecule has 0 radical (unpaired) electrons. The molecule has 1 aromatic heterocycles. The van der Waals surface area contributed by atoms with Crippen molar-refractivity contribution >= 4 is 11.7 Å². The number of benzene rings is 1. The molecule has 0 unspecified atom stereocenters. The summed E-state index contributed by atoms with van der Waals surface area (Å²) in [7, 11) is 0. The number of nitrogens with zero attached hydrogens (tertiary/aromatic N) is 3. The van der Waals surface area contributed by atoms with Gasteiger partial charge in [0, 0.05) is 44.5 Å². The summed E-state index contributed by atoms with van der Waals surface area (Å²) in [4.78, 5) is 16.0. The number of nitrogen functional groups attached to an aromatic ring is 1. The summed E-state index contributed by atoms with van der Waals surface area (Å²) in [6.07, 6.45) is 1.48. The average Bonchev–Trinajstić information content (AvgIpc) is 2.97. The number of nitrogens with one attached hydrogen (secondary N) is 1. The molecule has 0 aliphatic carbocycles. The molecule has 1 saturated heterocycles. The van der Waals surface area contributed by atoms with E-state index in [2.05, 4.69) is 10.2 Å². The van der Waals surface area contributed by atoms with Gasteiger partial charge in [0.1, 0.15) is 17.2 Å². The van der Waals surface area contributed by atoms with Crippen LogP contribution in [0.4, 0.5) is 14.6 Å². The maximum Gasteiger partial charge on any atom is 0.259 e. The van der Waals surface area contributed by atoms with Crippen molar-refractivity contribution in [2.24, 2.45) is 0 Å². The van der Waals surface area contributed by atoms with Gasteiger partial charge in [-0.05, 0) is 18.2 Å². The SMILES string of the molecule is Nc1n[nH]cc1C(=O)N1CCN(Cc2cc(F)ccc2F)CC1. The highest BCUT2D eigenvalue weighted by atomic mass is 19.1. The number of halogens is 2. The number of anilines is 1. The summed E-state index contributed by atoms with van der Waals surface area (Å²) in [6, 6.07) is 3.44. The van der Waals surface area contributed by atoms with Crippen LogP contribution in [0.3, 0.4) is 0 Å². The van der Waals surface area contributed by atoms with Crippen molar-refractivity contribution < 1.29 is 13.6 Å². The largest absolute Gasteiger partial charge is 0.382 e. The van der Waals surface area contributed by atoms with Crippen LogP contribution >= 0.6 is 0 Å². The number of piperazine rings is 1. The van der Waals surface area contributed by atoms with Crippen molar-refractivity contribution in [1.82, 2.24) is 20.0 Å². The van der Waals surface area contributed by atoms with Gasteiger partial charge in [0.15, 0.2) is 5.82 Å². The molecule has 0 saturated carbocycles. The van der Waals surface area contributed by atoms with E-state index in [1.165, 1.54) is 12.3 Å². The van der Waals surface area contributed by atoms with E-state index in [0.29, 0.717) is 43.9 Å². The first-order valence-corrected chi connectivity index (χ1v) is 7.29. The summed E-state index contributed by atoms with van der Waals surface area (Å²) < 4.78 is 26.9. The van der Waals surface area contributed by atoms with Gasteiger partial charge in [-0.15, -0.1) is 0 Å². The second-order valence-corrected chi connectivity index (χ2v) is 5.49. The fourth-order valence-electron chi connectivity index (χ4n) is 2.66. The molecular formula is C15H17F2N5O. The third-order valence-corrected chi connectivity index (χ3v) is 3.96. The van der Waals surface area contributed by atoms with Crippen LogP contribution in [-0.4, -0.2) is 52.1 Å². The standard InChI is InChI=1S/C15H17F2N5O/c16-11-1-2-13(17)10(7-11)9-21-3-5-22(6-4-21)15(23)12-8-19-20-14(12)18/h1-2,7-8H,3-6,9H2,(H3,18,19,20). The molecule has 2 aromatic rings. The molecule has 3 rings (SSSR count). The Morgan fingerprint density at radius 2 is 2.00 bits per heavy atom. The number of aromatic amines is 1. The van der Waals surface area contributed by atoms with Crippen LogP contribution in [0.1, 0.15) is 15.9 Å². The first-order chi connectivity index (χ1) is 11.0. The van der Waals surface area contributed by atoms with Gasteiger partial charge < -0.3 is 10.6 Å². The minimum atomic E-state index is -0.453. The summed E-state index contributed by atoms with van der Waals surface area (Å²) in [6.45, 7) is 2.49. The number of H-pyrrole nitrogens is 1. The van der Waals surface area contributed by atoms with Crippen molar-refractivity contribution in [1.29, 1.82) is 0 Å². The number of carbonyl (C=O) groups excluding carboxylic acids is 1. The molecule has 8 heteroatoms. The lowest BCUT2D eigenvalue weighted by Gasteiger charge is -2.34. The Labute approximate surface area is 131 Å². The van der Waals surface area contributed by atoms with Gasteiger partial charge in [-0.3, -0.25) is 14.8 Å². The zero-order chi connectivity index (χ0) is 16.4. The van der Waals surface area contributed by atoms with Crippen molar-refractivity contribution in [2.45, 2.75) is 6.54 Å². The summed E-state index contributed by atoms with van der Waals surface area (Å²) >= 11 is 0. The Morgan fingerprint density at radius 1 is 1.26 bits per heavy atom. The zero-order valence-electron chi connectivity index (χ0n) is 12.4. The molecule has 6 nitrogen and oxygen atoms in total. The molecule has 1 aromatic carbocycles. The summed E-state index contributed by atoms with van der Waals surface area (Å²) in [5, 5.41) is 6.30. The quantitative estimate of drug-likeness (QED) is 0.891. The van der Waals surface area contributed by atoms with Gasteiger partial charge in [0.25, 0.3) is 5.91 Å². The van der Waals surface area contributed by atoms with E-state index in [1.807, 2.05) is 4.90 Å². The molecule has 122 valence electrons. The number of rotatable bonds is 3. The number of nitrogens with two attached hydrogens (primary N) is 1. The van der Waals surface area contributed by atoms with E-state index in [4.69, 9.17) is 5.73 Å². The topological polar surface area (TPSA) is 78.2 Å². The highest BCUT2D eigenvalue weighted by Gasteiger charge is 2.24. The normalized spacial score (nSPS) is 15.8. The van der Waals surface area contributed by atoms with Crippen molar-refractivity contribution in [3.63, 3.8) is 0 Å². The van der Waals surface area contributed by atoms with Gasteiger partial charge in [0.2, 0.25) is 0 Å². The van der Waals surface area contributed by atoms with Crippen LogP contribution in [0, 0.1) is 11.6 Å². The predicted octanol–water partition coefficient (Wildman–Crippen LogP) is 1.23. The molecule has 0 bridgehead atoms. The van der Waals surface area contributed by atoms with Crippen LogP contribution in [-0.2, 0) is 6.54 Å². The fraction of sp³-hybridized carbons (Fsp3) is 0.333. The summed E-state index contributed by atoms with van der Waals surface area (Å²) in [5.41, 5.74) is 6.31. The second kappa shape index (κ2) is 6.33. The Morgan fingerprint density at radius 3 is 2.65 bits per heavy atom. The monoisotopic (exact) mass is 321 g/mol. The maximum atomic E-state index is 13.7. The van der Waals surface area contributed by atoms with Crippen molar-refractivity contribution in [2.75, 3.05) is 31.9 Å². The van der Waals surface area contributed by atoms with Crippen molar-refractivity contribution in [3.05, 3.63) is 47.2 Å². The first kappa shape index (κ1) is 15.4. The van der Waals surface area contributed by atoms with Gasteiger partial charge >= 0.3 is 0 Å². The van der Waals surface area contributed by atoms with Gasteiger partial charge in [-0.1, -0.05) is 0 Å². The molecule has 0 spiro atoms. The predicted molar refractivity (Wildman–Crippen MR) is 80.5 cm³/mol. The molecule has 1 aliphatic heterocycles. The second-order valence-electron chi connectivity index (χ2n) is 5.49. The fourth-order valence-corrected chi connectivity index (χ4v) is 2.66. The van der Waals surface area contributed by atoms with Gasteiger partial charge in [-0.25, -0.2) is 8.78 Å². The number of hydrogen-bond acceptors (Lipinski definition) is 4. The Bertz CT molecular complexity index is 710. The highest BCUT2D eigenvalue weighted by Crippen LogP contribution is 2.16. The Balaban J connectivity index is 1.59. The molecule has 1 fully saturated rings. The van der Waals surface area contributed by atoms with Crippen LogP contribution in [0.5, 0.6) is 0 Å². The van der Waals surface area contributed by atoms with E-state index >= 15 is 0 Å². The zero-order valence-corrected chi connectivity index (χ0v) is 12.4. The minimum Gasteiger partial charge on any atom is -0.382 e. The lowest BCUT2D eigenvalue weighted by Crippen LogP contribution is -2.48. The van der Waals surface area contributed by atoms with Crippen LogP contribution in [0.15, 0.2) is 24.4 Å². The Kier molecular flexibility index (Phi) is 4.24. The van der Waals surface area contributed by atoms with Crippen LogP contribution in [0.2, 0.25) is 0 Å². The van der Waals surface area contributed by atoms with Crippen LogP contribution in [0.25, 0.3) is 0 Å². The van der Waals surface area contributed by atoms with E-state index < -0.39 is 11.6 Å². The summed E-state index contributed by atoms with van der Waals surface area (Å²) in [5.74, 6) is -0.867. The number of aromatic nitrogens is 2. The average molecular weight is 321 g/mol.